The SMILES string of the molecule is NNC(=O)C(Cl)(N=Nc1ccccc1)C(=O)O. The standard InChI is InChI=1S/C9H9ClN4O3/c10-9(8(16)17,7(15)12-11)14-13-6-4-2-1-3-5-6/h1-5H,11H2,(H,12,15)(H,16,17). The van der Waals surface area contributed by atoms with Crippen molar-refractivity contribution in [2.75, 3.05) is 0 Å². The smallest absolute Gasteiger partial charge is 0.359 e. The second kappa shape index (κ2) is 5.37. The average Bonchev–Trinajstić information content (AvgIpc) is 2.35. The summed E-state index contributed by atoms with van der Waals surface area (Å²) in [5.74, 6) is 1.98. The Hall–Kier alpha value is -1.99. The minimum Gasteiger partial charge on any atom is -0.478 e. The topological polar surface area (TPSA) is 117 Å². The first-order valence-corrected chi connectivity index (χ1v) is 4.80. The zero-order valence-electron chi connectivity index (χ0n) is 8.50. The number of halogens is 1. The van der Waals surface area contributed by atoms with E-state index < -0.39 is 16.9 Å². The summed E-state index contributed by atoms with van der Waals surface area (Å²) in [5.41, 5.74) is 1.98. The molecule has 0 spiro atoms. The number of rotatable bonds is 4. The maximum atomic E-state index is 11.2. The number of carboxylic acid groups (broad SMARTS) is 1. The van der Waals surface area contributed by atoms with Gasteiger partial charge < -0.3 is 5.11 Å². The number of aliphatic carboxylic acids is 1. The van der Waals surface area contributed by atoms with Crippen LogP contribution in [-0.4, -0.2) is 22.0 Å². The van der Waals surface area contributed by atoms with E-state index in [1.54, 1.807) is 35.8 Å². The summed E-state index contributed by atoms with van der Waals surface area (Å²) >= 11 is 5.52. The number of carbonyl (C=O) groups is 2. The van der Waals surface area contributed by atoms with Crippen molar-refractivity contribution in [1.82, 2.24) is 5.43 Å². The number of carboxylic acids is 1. The van der Waals surface area contributed by atoms with Gasteiger partial charge in [0.1, 0.15) is 0 Å². The quantitative estimate of drug-likeness (QED) is 0.140. The van der Waals surface area contributed by atoms with Crippen LogP contribution in [-0.2, 0) is 9.59 Å². The number of alkyl halides is 1. The summed E-state index contributed by atoms with van der Waals surface area (Å²) in [5, 5.41) is 15.7. The van der Waals surface area contributed by atoms with Crippen LogP contribution in [0.5, 0.6) is 0 Å². The van der Waals surface area contributed by atoms with Gasteiger partial charge in [0.2, 0.25) is 0 Å². The molecule has 1 amide bonds. The monoisotopic (exact) mass is 256 g/mol. The molecule has 1 rings (SSSR count). The summed E-state index contributed by atoms with van der Waals surface area (Å²) in [6.07, 6.45) is 0. The van der Waals surface area contributed by atoms with Crippen LogP contribution >= 0.6 is 11.6 Å². The van der Waals surface area contributed by atoms with Crippen molar-refractivity contribution in [3.8, 4) is 0 Å². The number of benzene rings is 1. The minimum atomic E-state index is -2.56. The van der Waals surface area contributed by atoms with Crippen molar-refractivity contribution in [3.05, 3.63) is 30.3 Å². The van der Waals surface area contributed by atoms with E-state index in [0.717, 1.165) is 0 Å². The predicted octanol–water partition coefficient (Wildman–Crippen LogP) is 0.780. The Morgan fingerprint density at radius 3 is 2.41 bits per heavy atom. The predicted molar refractivity (Wildman–Crippen MR) is 59.5 cm³/mol. The lowest BCUT2D eigenvalue weighted by atomic mass is 10.3. The van der Waals surface area contributed by atoms with Gasteiger partial charge in [-0.1, -0.05) is 29.8 Å². The molecule has 0 bridgehead atoms. The van der Waals surface area contributed by atoms with Gasteiger partial charge in [-0.25, -0.2) is 10.6 Å². The van der Waals surface area contributed by atoms with Crippen LogP contribution in [0, 0.1) is 0 Å². The molecule has 0 heterocycles. The zero-order valence-corrected chi connectivity index (χ0v) is 9.26. The van der Waals surface area contributed by atoms with Crippen LogP contribution in [0.15, 0.2) is 40.6 Å². The van der Waals surface area contributed by atoms with E-state index in [2.05, 4.69) is 10.2 Å². The summed E-state index contributed by atoms with van der Waals surface area (Å²) in [7, 11) is 0. The summed E-state index contributed by atoms with van der Waals surface area (Å²) < 4.78 is 0. The number of nitrogens with zero attached hydrogens (tertiary/aromatic N) is 2. The van der Waals surface area contributed by atoms with Gasteiger partial charge in [-0.15, -0.1) is 5.11 Å². The molecule has 0 aliphatic carbocycles. The molecular formula is C9H9ClN4O3. The number of nitrogens with two attached hydrogens (primary N) is 1. The van der Waals surface area contributed by atoms with E-state index in [-0.39, 0.29) is 0 Å². The second-order valence-electron chi connectivity index (χ2n) is 2.94. The normalized spacial score (nSPS) is 14.2. The molecule has 0 aliphatic rings. The lowest BCUT2D eigenvalue weighted by molar-refractivity contribution is -0.145. The highest BCUT2D eigenvalue weighted by Crippen LogP contribution is 2.21. The highest BCUT2D eigenvalue weighted by Gasteiger charge is 2.45. The van der Waals surface area contributed by atoms with Crippen molar-refractivity contribution >= 4 is 29.2 Å². The lowest BCUT2D eigenvalue weighted by Gasteiger charge is -2.13. The first-order chi connectivity index (χ1) is 8.00. The van der Waals surface area contributed by atoms with Gasteiger partial charge in [0.15, 0.2) is 0 Å². The van der Waals surface area contributed by atoms with E-state index in [0.29, 0.717) is 5.69 Å². The van der Waals surface area contributed by atoms with Gasteiger partial charge in [0.25, 0.3) is 5.91 Å². The number of amides is 1. The van der Waals surface area contributed by atoms with Crippen LogP contribution in [0.3, 0.4) is 0 Å². The summed E-state index contributed by atoms with van der Waals surface area (Å²) in [6.45, 7) is 0. The molecule has 0 radical (unpaired) electrons. The Bertz CT molecular complexity index is 451. The third-order valence-corrected chi connectivity index (χ3v) is 2.18. The first-order valence-electron chi connectivity index (χ1n) is 4.42. The molecule has 17 heavy (non-hydrogen) atoms. The van der Waals surface area contributed by atoms with E-state index in [1.807, 2.05) is 0 Å². The lowest BCUT2D eigenvalue weighted by Crippen LogP contribution is -2.49. The highest BCUT2D eigenvalue weighted by molar-refractivity contribution is 6.44. The maximum absolute atomic E-state index is 11.2. The first kappa shape index (κ1) is 13.1. The third kappa shape index (κ3) is 2.99. The summed E-state index contributed by atoms with van der Waals surface area (Å²) in [6, 6.07) is 8.24. The van der Waals surface area contributed by atoms with Crippen LogP contribution in [0.1, 0.15) is 0 Å². The Morgan fingerprint density at radius 1 is 1.35 bits per heavy atom. The Labute approximate surface area is 101 Å². The zero-order chi connectivity index (χ0) is 12.9. The molecule has 90 valence electrons. The van der Waals surface area contributed by atoms with Crippen molar-refractivity contribution in [2.45, 2.75) is 5.00 Å². The second-order valence-corrected chi connectivity index (χ2v) is 3.48. The van der Waals surface area contributed by atoms with Gasteiger partial charge >= 0.3 is 11.0 Å². The van der Waals surface area contributed by atoms with Crippen LogP contribution in [0.2, 0.25) is 0 Å². The van der Waals surface area contributed by atoms with E-state index in [1.165, 1.54) is 0 Å². The molecule has 0 fully saturated rings. The fourth-order valence-corrected chi connectivity index (χ4v) is 0.995. The molecule has 0 aromatic heterocycles. The number of hydrogen-bond donors (Lipinski definition) is 3. The van der Waals surface area contributed by atoms with Crippen LogP contribution in [0.4, 0.5) is 5.69 Å². The van der Waals surface area contributed by atoms with Crippen molar-refractivity contribution < 1.29 is 14.7 Å². The molecule has 0 saturated carbocycles. The van der Waals surface area contributed by atoms with E-state index in [9.17, 15) is 9.59 Å². The molecule has 0 saturated heterocycles. The highest BCUT2D eigenvalue weighted by atomic mass is 35.5. The summed E-state index contributed by atoms with van der Waals surface area (Å²) in [4.78, 5) is 19.5. The van der Waals surface area contributed by atoms with Gasteiger partial charge in [0, 0.05) is 0 Å². The number of hydrazine groups is 1. The molecule has 1 aromatic rings. The molecule has 1 atom stereocenters. The van der Waals surface area contributed by atoms with Crippen molar-refractivity contribution in [3.63, 3.8) is 0 Å². The van der Waals surface area contributed by atoms with Crippen LogP contribution < -0.4 is 11.3 Å². The minimum absolute atomic E-state index is 0.364. The van der Waals surface area contributed by atoms with E-state index >= 15 is 0 Å². The Kier molecular flexibility index (Phi) is 4.13. The fourth-order valence-electron chi connectivity index (χ4n) is 0.902. The average molecular weight is 257 g/mol. The molecule has 1 aromatic carbocycles. The van der Waals surface area contributed by atoms with Gasteiger partial charge in [-0.05, 0) is 12.1 Å². The van der Waals surface area contributed by atoms with Gasteiger partial charge in [-0.2, -0.15) is 5.11 Å². The largest absolute Gasteiger partial charge is 0.478 e. The maximum Gasteiger partial charge on any atom is 0.359 e. The third-order valence-electron chi connectivity index (χ3n) is 1.77. The van der Waals surface area contributed by atoms with E-state index in [4.69, 9.17) is 22.6 Å². The Balaban J connectivity index is 3.00. The number of nitrogens with one attached hydrogen (secondary N) is 1. The molecule has 0 aliphatic heterocycles. The van der Waals surface area contributed by atoms with Gasteiger partial charge in [-0.3, -0.25) is 10.2 Å². The molecule has 8 heteroatoms. The van der Waals surface area contributed by atoms with Crippen molar-refractivity contribution in [2.24, 2.45) is 16.1 Å². The number of carbonyl (C=O) groups excluding carboxylic acids is 1. The van der Waals surface area contributed by atoms with Gasteiger partial charge in [0.05, 0.1) is 5.69 Å². The molecule has 7 nitrogen and oxygen atoms in total. The number of hydrogen-bond acceptors (Lipinski definition) is 5. The Morgan fingerprint density at radius 2 is 1.94 bits per heavy atom. The fraction of sp³-hybridized carbons (Fsp3) is 0.111. The molecule has 1 unspecified atom stereocenters. The molecule has 4 N–H and O–H groups in total. The van der Waals surface area contributed by atoms with Crippen molar-refractivity contribution in [1.29, 1.82) is 0 Å². The number of azo groups is 1. The van der Waals surface area contributed by atoms with Crippen LogP contribution in [0.25, 0.3) is 0 Å². The molecular weight excluding hydrogens is 248 g/mol.